The molecule has 1 aliphatic heterocycles. The summed E-state index contributed by atoms with van der Waals surface area (Å²) >= 11 is 1.35. The minimum Gasteiger partial charge on any atom is -0.385 e. The first-order valence-electron chi connectivity index (χ1n) is 10.9. The molecule has 4 rings (SSSR count). The number of carbonyl (C=O) groups is 2. The maximum atomic E-state index is 13.1. The maximum Gasteiger partial charge on any atom is 0.242 e. The van der Waals surface area contributed by atoms with Gasteiger partial charge in [-0.3, -0.25) is 14.5 Å². The number of amides is 2. The van der Waals surface area contributed by atoms with Crippen LogP contribution in [0.15, 0.2) is 71.7 Å². The normalized spacial score (nSPS) is 17.2. The summed E-state index contributed by atoms with van der Waals surface area (Å²) in [4.78, 5) is 32.3. The van der Waals surface area contributed by atoms with Crippen LogP contribution in [0.2, 0.25) is 0 Å². The van der Waals surface area contributed by atoms with Crippen LogP contribution in [0.3, 0.4) is 0 Å². The van der Waals surface area contributed by atoms with E-state index >= 15 is 0 Å². The topological polar surface area (TPSA) is 71.0 Å². The van der Waals surface area contributed by atoms with Crippen molar-refractivity contribution in [2.24, 2.45) is 4.99 Å². The third kappa shape index (κ3) is 5.80. The first kappa shape index (κ1) is 23.0. The summed E-state index contributed by atoms with van der Waals surface area (Å²) in [5, 5.41) is 5.23. The largest absolute Gasteiger partial charge is 0.385 e. The zero-order valence-electron chi connectivity index (χ0n) is 18.8. The first-order valence-corrected chi connectivity index (χ1v) is 11.8. The number of anilines is 1. The van der Waals surface area contributed by atoms with Gasteiger partial charge in [0, 0.05) is 32.4 Å². The van der Waals surface area contributed by atoms with Gasteiger partial charge in [0.1, 0.15) is 5.25 Å². The average Bonchev–Trinajstić information content (AvgIpc) is 3.08. The maximum absolute atomic E-state index is 13.1. The molecule has 0 radical (unpaired) electrons. The van der Waals surface area contributed by atoms with Crippen LogP contribution in [0.25, 0.3) is 10.8 Å². The summed E-state index contributed by atoms with van der Waals surface area (Å²) in [6, 6.07) is 21.6. The molecule has 0 aliphatic carbocycles. The molecule has 1 atom stereocenters. The molecule has 3 aromatic carbocycles. The van der Waals surface area contributed by atoms with Crippen molar-refractivity contribution in [2.45, 2.75) is 25.0 Å². The summed E-state index contributed by atoms with van der Waals surface area (Å²) in [6.45, 7) is 3.07. The second-order valence-electron chi connectivity index (χ2n) is 7.99. The van der Waals surface area contributed by atoms with Crippen molar-refractivity contribution in [3.8, 4) is 0 Å². The summed E-state index contributed by atoms with van der Waals surface area (Å²) in [6.07, 6.45) is 0.787. The van der Waals surface area contributed by atoms with Crippen LogP contribution < -0.4 is 5.32 Å². The standard InChI is InChI=1S/C26H27N3O3S/c1-18-7-5-10-21(15-18)28-26-29(13-6-14-32-2)25(31)23(33-26)17-24(30)27-22-12-11-19-8-3-4-9-20(19)16-22/h3-5,7-12,15-16,23H,6,13-14,17H2,1-2H3,(H,27,30). The second-order valence-corrected chi connectivity index (χ2v) is 9.16. The van der Waals surface area contributed by atoms with Crippen molar-refractivity contribution < 1.29 is 14.3 Å². The number of nitrogens with one attached hydrogen (secondary N) is 1. The first-order chi connectivity index (χ1) is 16.0. The van der Waals surface area contributed by atoms with E-state index in [0.717, 1.165) is 27.7 Å². The minimum absolute atomic E-state index is 0.0869. The molecular weight excluding hydrogens is 434 g/mol. The fraction of sp³-hybridized carbons (Fsp3) is 0.269. The van der Waals surface area contributed by atoms with E-state index < -0.39 is 5.25 Å². The van der Waals surface area contributed by atoms with Crippen LogP contribution >= 0.6 is 11.8 Å². The molecule has 6 nitrogen and oxygen atoms in total. The average molecular weight is 462 g/mol. The molecule has 1 heterocycles. The number of hydrogen-bond acceptors (Lipinski definition) is 5. The van der Waals surface area contributed by atoms with E-state index in [1.165, 1.54) is 11.8 Å². The highest BCUT2D eigenvalue weighted by Crippen LogP contribution is 2.32. The number of nitrogens with zero attached hydrogens (tertiary/aromatic N) is 2. The van der Waals surface area contributed by atoms with Crippen molar-refractivity contribution in [2.75, 3.05) is 25.6 Å². The fourth-order valence-electron chi connectivity index (χ4n) is 3.75. The lowest BCUT2D eigenvalue weighted by Crippen LogP contribution is -2.34. The highest BCUT2D eigenvalue weighted by Gasteiger charge is 2.38. The van der Waals surface area contributed by atoms with Crippen molar-refractivity contribution in [1.82, 2.24) is 4.90 Å². The molecule has 1 N–H and O–H groups in total. The molecule has 7 heteroatoms. The molecule has 0 spiro atoms. The molecule has 3 aromatic rings. The number of hydrogen-bond donors (Lipinski definition) is 1. The monoisotopic (exact) mass is 461 g/mol. The Kier molecular flexibility index (Phi) is 7.42. The molecule has 0 bridgehead atoms. The van der Waals surface area contributed by atoms with E-state index in [2.05, 4.69) is 5.32 Å². The van der Waals surface area contributed by atoms with Crippen LogP contribution in [-0.4, -0.2) is 47.4 Å². The van der Waals surface area contributed by atoms with Gasteiger partial charge in [0.15, 0.2) is 5.17 Å². The summed E-state index contributed by atoms with van der Waals surface area (Å²) in [5.74, 6) is -0.277. The Morgan fingerprint density at radius 1 is 1.09 bits per heavy atom. The SMILES string of the molecule is COCCCN1C(=O)C(CC(=O)Nc2ccc3ccccc3c2)SC1=Nc1cccc(C)c1. The molecule has 33 heavy (non-hydrogen) atoms. The third-order valence-electron chi connectivity index (χ3n) is 5.38. The number of thioether (sulfide) groups is 1. The van der Waals surface area contributed by atoms with E-state index in [1.807, 2.05) is 73.7 Å². The molecule has 0 saturated carbocycles. The van der Waals surface area contributed by atoms with Crippen LogP contribution in [0, 0.1) is 6.92 Å². The highest BCUT2D eigenvalue weighted by molar-refractivity contribution is 8.15. The van der Waals surface area contributed by atoms with Gasteiger partial charge in [-0.2, -0.15) is 0 Å². The molecule has 1 saturated heterocycles. The number of fused-ring (bicyclic) bond motifs is 1. The van der Waals surface area contributed by atoms with Crippen molar-refractivity contribution in [1.29, 1.82) is 0 Å². The lowest BCUT2D eigenvalue weighted by atomic mass is 10.1. The number of amidine groups is 1. The molecule has 2 amide bonds. The Hall–Kier alpha value is -3.16. The van der Waals surface area contributed by atoms with Gasteiger partial charge in [-0.1, -0.05) is 54.2 Å². The van der Waals surface area contributed by atoms with Crippen molar-refractivity contribution >= 4 is 50.9 Å². The lowest BCUT2D eigenvalue weighted by Gasteiger charge is -2.16. The predicted molar refractivity (Wildman–Crippen MR) is 135 cm³/mol. The van der Waals surface area contributed by atoms with Gasteiger partial charge in [-0.05, 0) is 53.9 Å². The van der Waals surface area contributed by atoms with E-state index in [9.17, 15) is 9.59 Å². The van der Waals surface area contributed by atoms with Crippen molar-refractivity contribution in [3.63, 3.8) is 0 Å². The summed E-state index contributed by atoms with van der Waals surface area (Å²) in [7, 11) is 1.64. The zero-order valence-corrected chi connectivity index (χ0v) is 19.6. The Bertz CT molecular complexity index is 1190. The zero-order chi connectivity index (χ0) is 23.2. The number of aliphatic imine (C=N–C) groups is 1. The number of benzene rings is 3. The quantitative estimate of drug-likeness (QED) is 0.471. The molecule has 1 fully saturated rings. The summed E-state index contributed by atoms with van der Waals surface area (Å²) < 4.78 is 5.15. The number of rotatable bonds is 8. The smallest absolute Gasteiger partial charge is 0.242 e. The molecule has 0 aromatic heterocycles. The van der Waals surface area contributed by atoms with Gasteiger partial charge in [-0.15, -0.1) is 0 Å². The van der Waals surface area contributed by atoms with Gasteiger partial charge < -0.3 is 10.1 Å². The second kappa shape index (κ2) is 10.6. The van der Waals surface area contributed by atoms with Crippen LogP contribution in [0.1, 0.15) is 18.4 Å². The lowest BCUT2D eigenvalue weighted by molar-refractivity contribution is -0.128. The molecule has 1 unspecified atom stereocenters. The number of carbonyl (C=O) groups excluding carboxylic acids is 2. The van der Waals surface area contributed by atoms with Gasteiger partial charge >= 0.3 is 0 Å². The number of aryl methyl sites for hydroxylation is 1. The van der Waals surface area contributed by atoms with E-state index in [0.29, 0.717) is 24.7 Å². The van der Waals surface area contributed by atoms with Crippen LogP contribution in [0.4, 0.5) is 11.4 Å². The molecule has 1 aliphatic rings. The van der Waals surface area contributed by atoms with Crippen LogP contribution in [0.5, 0.6) is 0 Å². The van der Waals surface area contributed by atoms with Gasteiger partial charge in [0.25, 0.3) is 0 Å². The molecule has 170 valence electrons. The Labute approximate surface area is 198 Å². The Morgan fingerprint density at radius 3 is 2.70 bits per heavy atom. The number of methoxy groups -OCH3 is 1. The minimum atomic E-state index is -0.503. The van der Waals surface area contributed by atoms with E-state index in [4.69, 9.17) is 9.73 Å². The van der Waals surface area contributed by atoms with Gasteiger partial charge in [-0.25, -0.2) is 4.99 Å². The van der Waals surface area contributed by atoms with Crippen LogP contribution in [-0.2, 0) is 14.3 Å². The van der Waals surface area contributed by atoms with Gasteiger partial charge in [0.2, 0.25) is 11.8 Å². The molecular formula is C26H27N3O3S. The summed E-state index contributed by atoms with van der Waals surface area (Å²) in [5.41, 5.74) is 2.62. The third-order valence-corrected chi connectivity index (χ3v) is 6.56. The predicted octanol–water partition coefficient (Wildman–Crippen LogP) is 5.15. The number of ether oxygens (including phenoxy) is 1. The van der Waals surface area contributed by atoms with Crippen molar-refractivity contribution in [3.05, 3.63) is 72.3 Å². The fourth-order valence-corrected chi connectivity index (χ4v) is 4.94. The van der Waals surface area contributed by atoms with E-state index in [1.54, 1.807) is 12.0 Å². The Balaban J connectivity index is 1.47. The van der Waals surface area contributed by atoms with E-state index in [-0.39, 0.29) is 18.2 Å². The highest BCUT2D eigenvalue weighted by atomic mass is 32.2. The Morgan fingerprint density at radius 2 is 1.91 bits per heavy atom. The van der Waals surface area contributed by atoms with Gasteiger partial charge in [0.05, 0.1) is 5.69 Å².